The Hall–Kier alpha value is -1.56. The smallest absolute Gasteiger partial charge is 0.00363 e. The third-order valence-electron chi connectivity index (χ3n) is 4.12. The summed E-state index contributed by atoms with van der Waals surface area (Å²) in [4.78, 5) is 0. The van der Waals surface area contributed by atoms with Crippen LogP contribution in [0.3, 0.4) is 0 Å². The molecule has 1 atom stereocenters. The maximum absolute atomic E-state index is 2.44. The van der Waals surface area contributed by atoms with E-state index in [2.05, 4.69) is 56.3 Å². The predicted molar refractivity (Wildman–Crippen MR) is 78.3 cm³/mol. The van der Waals surface area contributed by atoms with Gasteiger partial charge in [0.2, 0.25) is 0 Å². The molecule has 0 amide bonds. The molecule has 0 nitrogen and oxygen atoms in total. The van der Waals surface area contributed by atoms with E-state index in [9.17, 15) is 0 Å². The fourth-order valence-electron chi connectivity index (χ4n) is 3.01. The van der Waals surface area contributed by atoms with Crippen molar-refractivity contribution in [3.05, 3.63) is 64.8 Å². The van der Waals surface area contributed by atoms with Crippen LogP contribution in [0, 0.1) is 12.8 Å². The first-order valence-electron chi connectivity index (χ1n) is 6.90. The van der Waals surface area contributed by atoms with Crippen LogP contribution >= 0.6 is 0 Å². The summed E-state index contributed by atoms with van der Waals surface area (Å²) in [5.74, 6) is 0.610. The van der Waals surface area contributed by atoms with Gasteiger partial charge in [0, 0.05) is 0 Å². The molecule has 0 saturated heterocycles. The van der Waals surface area contributed by atoms with E-state index in [0.29, 0.717) is 5.92 Å². The molecule has 0 spiro atoms. The van der Waals surface area contributed by atoms with Crippen molar-refractivity contribution >= 4 is 5.57 Å². The summed E-state index contributed by atoms with van der Waals surface area (Å²) < 4.78 is 0. The second-order valence-electron chi connectivity index (χ2n) is 5.51. The SMILES string of the molecule is Cc1ccc(C2=CC(C)/C(=C3/C=CCC3)C2)cc1. The average molecular weight is 236 g/mol. The van der Waals surface area contributed by atoms with Gasteiger partial charge in [-0.3, -0.25) is 0 Å². The lowest BCUT2D eigenvalue weighted by Gasteiger charge is -2.08. The summed E-state index contributed by atoms with van der Waals surface area (Å²) in [6, 6.07) is 8.93. The molecule has 2 aliphatic carbocycles. The molecule has 0 heterocycles. The number of hydrogen-bond donors (Lipinski definition) is 0. The summed E-state index contributed by atoms with van der Waals surface area (Å²) in [6.45, 7) is 4.47. The molecule has 92 valence electrons. The zero-order chi connectivity index (χ0) is 12.5. The number of hydrogen-bond acceptors (Lipinski definition) is 0. The molecular formula is C18H20. The molecule has 0 bridgehead atoms. The van der Waals surface area contributed by atoms with Crippen LogP contribution in [0.5, 0.6) is 0 Å². The second-order valence-corrected chi connectivity index (χ2v) is 5.51. The molecule has 18 heavy (non-hydrogen) atoms. The summed E-state index contributed by atoms with van der Waals surface area (Å²) in [6.07, 6.45) is 10.7. The minimum absolute atomic E-state index is 0.610. The Morgan fingerprint density at radius 1 is 1.11 bits per heavy atom. The summed E-state index contributed by atoms with van der Waals surface area (Å²) in [5.41, 5.74) is 7.46. The van der Waals surface area contributed by atoms with Crippen LogP contribution in [0.4, 0.5) is 0 Å². The Bertz CT molecular complexity index is 538. The molecule has 0 saturated carbocycles. The van der Waals surface area contributed by atoms with Gasteiger partial charge in [-0.25, -0.2) is 0 Å². The molecule has 0 N–H and O–H groups in total. The maximum Gasteiger partial charge on any atom is -0.00363 e. The number of benzene rings is 1. The first-order valence-corrected chi connectivity index (χ1v) is 6.90. The highest BCUT2D eigenvalue weighted by molar-refractivity contribution is 5.72. The number of aryl methyl sites for hydroxylation is 1. The Balaban J connectivity index is 1.89. The second kappa shape index (κ2) is 4.61. The number of allylic oxidation sites excluding steroid dienone is 6. The van der Waals surface area contributed by atoms with Crippen molar-refractivity contribution in [2.24, 2.45) is 5.92 Å². The number of rotatable bonds is 1. The molecule has 0 fully saturated rings. The lowest BCUT2D eigenvalue weighted by Crippen LogP contribution is -1.92. The average Bonchev–Trinajstić information content (AvgIpc) is 2.99. The molecular weight excluding hydrogens is 216 g/mol. The molecule has 1 unspecified atom stereocenters. The molecule has 0 heteroatoms. The van der Waals surface area contributed by atoms with E-state index >= 15 is 0 Å². The van der Waals surface area contributed by atoms with Gasteiger partial charge in [-0.05, 0) is 48.8 Å². The Kier molecular flexibility index (Phi) is 2.95. The van der Waals surface area contributed by atoms with Crippen molar-refractivity contribution in [2.45, 2.75) is 33.1 Å². The van der Waals surface area contributed by atoms with Crippen LogP contribution in [0.15, 0.2) is 53.6 Å². The zero-order valence-corrected chi connectivity index (χ0v) is 11.2. The normalized spacial score (nSPS) is 26.8. The van der Waals surface area contributed by atoms with Gasteiger partial charge in [-0.2, -0.15) is 0 Å². The Labute approximate surface area is 110 Å². The van der Waals surface area contributed by atoms with Gasteiger partial charge >= 0.3 is 0 Å². The van der Waals surface area contributed by atoms with Crippen LogP contribution in [0.25, 0.3) is 5.57 Å². The third-order valence-corrected chi connectivity index (χ3v) is 4.12. The van der Waals surface area contributed by atoms with E-state index in [1.165, 1.54) is 29.5 Å². The standard InChI is InChI=1S/C18H20/c1-13-7-9-15(10-8-13)17-11-14(2)18(12-17)16-5-3-4-6-16/h3,5,7-11,14H,4,6,12H2,1-2H3/b18-16-. The van der Waals surface area contributed by atoms with Gasteiger partial charge < -0.3 is 0 Å². The fourth-order valence-corrected chi connectivity index (χ4v) is 3.01. The van der Waals surface area contributed by atoms with Crippen LogP contribution in [0.2, 0.25) is 0 Å². The minimum Gasteiger partial charge on any atom is -0.0839 e. The van der Waals surface area contributed by atoms with Crippen molar-refractivity contribution in [3.63, 3.8) is 0 Å². The minimum atomic E-state index is 0.610. The van der Waals surface area contributed by atoms with Crippen LogP contribution in [-0.4, -0.2) is 0 Å². The lowest BCUT2D eigenvalue weighted by atomic mass is 9.96. The van der Waals surface area contributed by atoms with Crippen molar-refractivity contribution in [3.8, 4) is 0 Å². The van der Waals surface area contributed by atoms with Crippen LogP contribution < -0.4 is 0 Å². The van der Waals surface area contributed by atoms with Gasteiger partial charge in [-0.15, -0.1) is 0 Å². The predicted octanol–water partition coefficient (Wildman–Crippen LogP) is 5.06. The fraction of sp³-hybridized carbons (Fsp3) is 0.333. The Morgan fingerprint density at radius 3 is 2.56 bits per heavy atom. The first-order chi connectivity index (χ1) is 8.74. The quantitative estimate of drug-likeness (QED) is 0.639. The molecule has 1 aromatic rings. The van der Waals surface area contributed by atoms with E-state index in [1.54, 1.807) is 11.1 Å². The topological polar surface area (TPSA) is 0 Å². The Morgan fingerprint density at radius 2 is 1.89 bits per heavy atom. The summed E-state index contributed by atoms with van der Waals surface area (Å²) in [5, 5.41) is 0. The zero-order valence-electron chi connectivity index (χ0n) is 11.2. The van der Waals surface area contributed by atoms with Gasteiger partial charge in [0.1, 0.15) is 0 Å². The highest BCUT2D eigenvalue weighted by atomic mass is 14.3. The molecule has 0 aliphatic heterocycles. The van der Waals surface area contributed by atoms with E-state index in [1.807, 2.05) is 0 Å². The van der Waals surface area contributed by atoms with E-state index in [4.69, 9.17) is 0 Å². The molecule has 3 rings (SSSR count). The van der Waals surface area contributed by atoms with Crippen LogP contribution in [0.1, 0.15) is 37.3 Å². The van der Waals surface area contributed by atoms with Crippen LogP contribution in [-0.2, 0) is 0 Å². The third kappa shape index (κ3) is 2.08. The highest BCUT2D eigenvalue weighted by Crippen LogP contribution is 2.39. The lowest BCUT2D eigenvalue weighted by molar-refractivity contribution is 0.850. The van der Waals surface area contributed by atoms with Crippen molar-refractivity contribution in [1.82, 2.24) is 0 Å². The van der Waals surface area contributed by atoms with E-state index < -0.39 is 0 Å². The monoisotopic (exact) mass is 236 g/mol. The van der Waals surface area contributed by atoms with E-state index in [-0.39, 0.29) is 0 Å². The summed E-state index contributed by atoms with van der Waals surface area (Å²) in [7, 11) is 0. The summed E-state index contributed by atoms with van der Waals surface area (Å²) >= 11 is 0. The molecule has 0 aromatic heterocycles. The van der Waals surface area contributed by atoms with Gasteiger partial charge in [0.25, 0.3) is 0 Å². The first kappa shape index (κ1) is 11.5. The van der Waals surface area contributed by atoms with Crippen molar-refractivity contribution in [2.75, 3.05) is 0 Å². The maximum atomic E-state index is 2.44. The van der Waals surface area contributed by atoms with Gasteiger partial charge in [0.05, 0.1) is 0 Å². The van der Waals surface area contributed by atoms with Gasteiger partial charge in [-0.1, -0.05) is 60.6 Å². The van der Waals surface area contributed by atoms with E-state index in [0.717, 1.165) is 6.42 Å². The highest BCUT2D eigenvalue weighted by Gasteiger charge is 2.21. The van der Waals surface area contributed by atoms with Gasteiger partial charge in [0.15, 0.2) is 0 Å². The van der Waals surface area contributed by atoms with Crippen molar-refractivity contribution < 1.29 is 0 Å². The molecule has 1 aromatic carbocycles. The van der Waals surface area contributed by atoms with Crippen molar-refractivity contribution in [1.29, 1.82) is 0 Å². The largest absolute Gasteiger partial charge is 0.0839 e. The molecule has 0 radical (unpaired) electrons. The molecule has 2 aliphatic rings.